The quantitative estimate of drug-likeness (QED) is 0.660. The van der Waals surface area contributed by atoms with E-state index in [0.29, 0.717) is 17.9 Å². The summed E-state index contributed by atoms with van der Waals surface area (Å²) in [5.41, 5.74) is 3.38. The van der Waals surface area contributed by atoms with Crippen molar-refractivity contribution in [2.75, 3.05) is 25.6 Å². The van der Waals surface area contributed by atoms with Crippen LogP contribution in [0.15, 0.2) is 42.5 Å². The fourth-order valence-electron chi connectivity index (χ4n) is 2.79. The van der Waals surface area contributed by atoms with Gasteiger partial charge in [0.2, 0.25) is 0 Å². The topological polar surface area (TPSA) is 60.5 Å². The van der Waals surface area contributed by atoms with E-state index in [1.54, 1.807) is 19.2 Å². The molecule has 0 atom stereocenters. The first-order valence-electron chi connectivity index (χ1n) is 8.58. The van der Waals surface area contributed by atoms with Crippen LogP contribution < -0.4 is 10.1 Å². The molecule has 1 N–H and O–H groups in total. The largest absolute Gasteiger partial charge is 0.488 e. The van der Waals surface area contributed by atoms with Crippen LogP contribution in [0.4, 0.5) is 10.1 Å². The first kappa shape index (κ1) is 18.8. The van der Waals surface area contributed by atoms with Crippen molar-refractivity contribution in [2.45, 2.75) is 13.8 Å². The number of benzene rings is 2. The van der Waals surface area contributed by atoms with Crippen molar-refractivity contribution in [1.29, 1.82) is 0 Å². The molecule has 3 aromatic rings. The lowest BCUT2D eigenvalue weighted by Crippen LogP contribution is -2.13. The third-order valence-electron chi connectivity index (χ3n) is 4.07. The van der Waals surface area contributed by atoms with Gasteiger partial charge in [0.05, 0.1) is 17.7 Å². The molecule has 0 spiro atoms. The Morgan fingerprint density at radius 3 is 2.67 bits per heavy atom. The lowest BCUT2D eigenvalue weighted by molar-refractivity contribution is 0.102. The van der Waals surface area contributed by atoms with Gasteiger partial charge in [-0.2, -0.15) is 0 Å². The van der Waals surface area contributed by atoms with Gasteiger partial charge >= 0.3 is 0 Å². The van der Waals surface area contributed by atoms with Gasteiger partial charge in [0.1, 0.15) is 6.61 Å². The van der Waals surface area contributed by atoms with Crippen LogP contribution in [0.2, 0.25) is 0 Å². The van der Waals surface area contributed by atoms with Crippen molar-refractivity contribution in [3.05, 3.63) is 65.1 Å². The number of aromatic nitrogens is 1. The monoisotopic (exact) mass is 368 g/mol. The van der Waals surface area contributed by atoms with Crippen molar-refractivity contribution >= 4 is 22.5 Å². The predicted octanol–water partition coefficient (Wildman–Crippen LogP) is 4.27. The predicted molar refractivity (Wildman–Crippen MR) is 103 cm³/mol. The highest BCUT2D eigenvalue weighted by Gasteiger charge is 2.14. The standard InChI is InChI=1S/C21H21FN2O3/c1-13-4-6-19-16(10-13)17(11-14(2)23-19)21(25)24-15-5-7-20(18(22)12-15)27-9-8-26-3/h4-7,10-12H,8-9H2,1-3H3,(H,24,25). The van der Waals surface area contributed by atoms with E-state index in [4.69, 9.17) is 9.47 Å². The molecule has 1 amide bonds. The molecular formula is C21H21FN2O3. The molecule has 0 saturated carbocycles. The molecule has 0 radical (unpaired) electrons. The number of anilines is 1. The normalized spacial score (nSPS) is 10.8. The van der Waals surface area contributed by atoms with Crippen molar-refractivity contribution in [1.82, 2.24) is 4.98 Å². The van der Waals surface area contributed by atoms with Gasteiger partial charge in [0, 0.05) is 29.9 Å². The number of nitrogens with zero attached hydrogens (tertiary/aromatic N) is 1. The first-order valence-corrected chi connectivity index (χ1v) is 8.58. The van der Waals surface area contributed by atoms with Crippen molar-refractivity contribution in [3.8, 4) is 5.75 Å². The number of methoxy groups -OCH3 is 1. The molecule has 0 aliphatic carbocycles. The number of amides is 1. The number of halogens is 1. The molecule has 1 aromatic heterocycles. The summed E-state index contributed by atoms with van der Waals surface area (Å²) >= 11 is 0. The minimum absolute atomic E-state index is 0.117. The van der Waals surface area contributed by atoms with Gasteiger partial charge in [0.15, 0.2) is 11.6 Å². The van der Waals surface area contributed by atoms with Crippen LogP contribution in [0.25, 0.3) is 10.9 Å². The number of aryl methyl sites for hydroxylation is 2. The molecule has 5 nitrogen and oxygen atoms in total. The summed E-state index contributed by atoms with van der Waals surface area (Å²) in [7, 11) is 1.55. The number of fused-ring (bicyclic) bond motifs is 1. The molecule has 27 heavy (non-hydrogen) atoms. The molecule has 2 aromatic carbocycles. The van der Waals surface area contributed by atoms with Crippen molar-refractivity contribution in [3.63, 3.8) is 0 Å². The summed E-state index contributed by atoms with van der Waals surface area (Å²) in [5, 5.41) is 3.51. The SMILES string of the molecule is COCCOc1ccc(NC(=O)c2cc(C)nc3ccc(C)cc23)cc1F. The lowest BCUT2D eigenvalue weighted by atomic mass is 10.0. The van der Waals surface area contributed by atoms with Crippen LogP contribution in [-0.4, -0.2) is 31.2 Å². The summed E-state index contributed by atoms with van der Waals surface area (Å²) in [6.45, 7) is 4.41. The second-order valence-electron chi connectivity index (χ2n) is 6.27. The van der Waals surface area contributed by atoms with Gasteiger partial charge in [-0.3, -0.25) is 9.78 Å². The van der Waals surface area contributed by atoms with Crippen LogP contribution in [0, 0.1) is 19.7 Å². The maximum Gasteiger partial charge on any atom is 0.256 e. The number of hydrogen-bond acceptors (Lipinski definition) is 4. The third kappa shape index (κ3) is 4.41. The highest BCUT2D eigenvalue weighted by Crippen LogP contribution is 2.24. The molecule has 0 aliphatic rings. The molecular weight excluding hydrogens is 347 g/mol. The molecule has 0 aliphatic heterocycles. The molecule has 0 fully saturated rings. The number of pyridine rings is 1. The van der Waals surface area contributed by atoms with E-state index in [0.717, 1.165) is 22.2 Å². The third-order valence-corrected chi connectivity index (χ3v) is 4.07. The van der Waals surface area contributed by atoms with E-state index < -0.39 is 5.82 Å². The van der Waals surface area contributed by atoms with E-state index in [1.807, 2.05) is 32.0 Å². The van der Waals surface area contributed by atoms with Gasteiger partial charge in [-0.1, -0.05) is 11.6 Å². The maximum absolute atomic E-state index is 14.2. The Morgan fingerprint density at radius 2 is 1.93 bits per heavy atom. The molecule has 1 heterocycles. The number of carbonyl (C=O) groups is 1. The minimum atomic E-state index is -0.546. The van der Waals surface area contributed by atoms with Gasteiger partial charge < -0.3 is 14.8 Å². The van der Waals surface area contributed by atoms with Gasteiger partial charge in [0.25, 0.3) is 5.91 Å². The molecule has 6 heteroatoms. The summed E-state index contributed by atoms with van der Waals surface area (Å²) in [4.78, 5) is 17.3. The second kappa shape index (κ2) is 8.14. The number of carbonyl (C=O) groups excluding carboxylic acids is 1. The highest BCUT2D eigenvalue weighted by atomic mass is 19.1. The Labute approximate surface area is 157 Å². The number of hydrogen-bond donors (Lipinski definition) is 1. The number of ether oxygens (including phenoxy) is 2. The van der Waals surface area contributed by atoms with Crippen molar-refractivity contribution < 1.29 is 18.7 Å². The summed E-state index contributed by atoms with van der Waals surface area (Å²) < 4.78 is 24.3. The fourth-order valence-corrected chi connectivity index (χ4v) is 2.79. The molecule has 0 unspecified atom stereocenters. The van der Waals surface area contributed by atoms with E-state index in [2.05, 4.69) is 10.3 Å². The summed E-state index contributed by atoms with van der Waals surface area (Å²) in [6.07, 6.45) is 0. The molecule has 140 valence electrons. The second-order valence-corrected chi connectivity index (χ2v) is 6.27. The Kier molecular flexibility index (Phi) is 5.66. The Hall–Kier alpha value is -2.99. The van der Waals surface area contributed by atoms with E-state index in [9.17, 15) is 9.18 Å². The van der Waals surface area contributed by atoms with E-state index in [1.165, 1.54) is 12.1 Å². The van der Waals surface area contributed by atoms with E-state index in [-0.39, 0.29) is 18.3 Å². The Morgan fingerprint density at radius 1 is 1.11 bits per heavy atom. The molecule has 0 bridgehead atoms. The van der Waals surface area contributed by atoms with Gasteiger partial charge in [-0.15, -0.1) is 0 Å². The van der Waals surface area contributed by atoms with Gasteiger partial charge in [-0.25, -0.2) is 4.39 Å². The highest BCUT2D eigenvalue weighted by molar-refractivity contribution is 6.12. The molecule has 3 rings (SSSR count). The zero-order valence-corrected chi connectivity index (χ0v) is 15.5. The van der Waals surface area contributed by atoms with Crippen LogP contribution >= 0.6 is 0 Å². The average Bonchev–Trinajstić information content (AvgIpc) is 2.63. The summed E-state index contributed by atoms with van der Waals surface area (Å²) in [5.74, 6) is -0.745. The number of rotatable bonds is 6. The lowest BCUT2D eigenvalue weighted by Gasteiger charge is -2.11. The Balaban J connectivity index is 1.84. The fraction of sp³-hybridized carbons (Fsp3) is 0.238. The maximum atomic E-state index is 14.2. The Bertz CT molecular complexity index is 989. The first-order chi connectivity index (χ1) is 13.0. The average molecular weight is 368 g/mol. The summed E-state index contributed by atoms with van der Waals surface area (Å²) in [6, 6.07) is 11.8. The minimum Gasteiger partial charge on any atom is -0.488 e. The van der Waals surface area contributed by atoms with Crippen molar-refractivity contribution in [2.24, 2.45) is 0 Å². The van der Waals surface area contributed by atoms with Gasteiger partial charge in [-0.05, 0) is 44.2 Å². The number of nitrogens with one attached hydrogen (secondary N) is 1. The smallest absolute Gasteiger partial charge is 0.256 e. The zero-order chi connectivity index (χ0) is 19.4. The van der Waals surface area contributed by atoms with Crippen LogP contribution in [0.1, 0.15) is 21.6 Å². The van der Waals surface area contributed by atoms with Crippen LogP contribution in [0.3, 0.4) is 0 Å². The van der Waals surface area contributed by atoms with Crippen LogP contribution in [0.5, 0.6) is 5.75 Å². The van der Waals surface area contributed by atoms with E-state index >= 15 is 0 Å². The molecule has 0 saturated heterocycles. The van der Waals surface area contributed by atoms with Crippen LogP contribution in [-0.2, 0) is 4.74 Å². The zero-order valence-electron chi connectivity index (χ0n) is 15.5.